The predicted molar refractivity (Wildman–Crippen MR) is 161 cm³/mol. The molecular weight excluding hydrogens is 524 g/mol. The summed E-state index contributed by atoms with van der Waals surface area (Å²) in [6, 6.07) is 9.73. The minimum absolute atomic E-state index is 0. The largest absolute Gasteiger partial charge is 0.377 e. The third kappa shape index (κ3) is 11.1. The van der Waals surface area contributed by atoms with Crippen molar-refractivity contribution in [1.82, 2.24) is 20.9 Å². The number of nitrogens with one attached hydrogen (secondary N) is 3. The highest BCUT2D eigenvalue weighted by atomic mass is 35.5. The third-order valence-corrected chi connectivity index (χ3v) is 8.52. The first-order valence-electron chi connectivity index (χ1n) is 13.6. The van der Waals surface area contributed by atoms with Crippen LogP contribution in [0.15, 0.2) is 30.3 Å². The van der Waals surface area contributed by atoms with E-state index in [0.717, 1.165) is 31.8 Å². The molecule has 2 fully saturated rings. The van der Waals surface area contributed by atoms with Crippen LogP contribution in [0.4, 0.5) is 0 Å². The lowest BCUT2D eigenvalue weighted by atomic mass is 9.85. The van der Waals surface area contributed by atoms with Crippen molar-refractivity contribution in [2.24, 2.45) is 11.8 Å². The average molecular weight is 569 g/mol. The molecule has 1 saturated carbocycles. The number of halogens is 1. The molecule has 2 aliphatic rings. The van der Waals surface area contributed by atoms with Gasteiger partial charge in [0.15, 0.2) is 0 Å². The standard InChI is InChI=1S/C28H44N4O2S2.ClH/c1-21(2)17-26(33)32-20-36-19-25(32)27(34)31-24(14-13-22-9-5-3-6-10-22)28(35)30-16-15-29-18-23-11-7-4-8-12-23;/h4,7-8,11-12,21-22,24-25,29H,3,5-6,9-10,13-20H2,1-2H3,(H,30,35)(H,31,34);1H/t24-,25+;/m1./s1. The van der Waals surface area contributed by atoms with Gasteiger partial charge in [-0.3, -0.25) is 9.59 Å². The fourth-order valence-corrected chi connectivity index (χ4v) is 6.47. The van der Waals surface area contributed by atoms with Crippen LogP contribution in [-0.2, 0) is 16.1 Å². The zero-order valence-corrected chi connectivity index (χ0v) is 24.8. The Morgan fingerprint density at radius 1 is 1.11 bits per heavy atom. The van der Waals surface area contributed by atoms with E-state index in [9.17, 15) is 9.59 Å². The maximum atomic E-state index is 13.3. The molecule has 0 aromatic heterocycles. The molecule has 0 bridgehead atoms. The van der Waals surface area contributed by atoms with Crippen molar-refractivity contribution in [2.75, 3.05) is 24.7 Å². The van der Waals surface area contributed by atoms with Crippen molar-refractivity contribution >= 4 is 53.2 Å². The SMILES string of the molecule is CC(C)CC(=O)N1CSC[C@H]1C(=O)N[C@H](CCC1CCCCC1)C(=S)NCCNCc1ccccc1.Cl. The fourth-order valence-electron chi connectivity index (χ4n) is 5.01. The van der Waals surface area contributed by atoms with Gasteiger partial charge in [-0.2, -0.15) is 0 Å². The van der Waals surface area contributed by atoms with Gasteiger partial charge in [0.05, 0.1) is 16.9 Å². The van der Waals surface area contributed by atoms with Crippen LogP contribution in [0.1, 0.15) is 70.8 Å². The smallest absolute Gasteiger partial charge is 0.244 e. The number of benzene rings is 1. The average Bonchev–Trinajstić information content (AvgIpc) is 3.37. The van der Waals surface area contributed by atoms with E-state index in [1.54, 1.807) is 16.7 Å². The Morgan fingerprint density at radius 3 is 2.54 bits per heavy atom. The van der Waals surface area contributed by atoms with E-state index in [-0.39, 0.29) is 36.2 Å². The molecule has 1 aliphatic carbocycles. The predicted octanol–water partition coefficient (Wildman–Crippen LogP) is 4.91. The summed E-state index contributed by atoms with van der Waals surface area (Å²) in [5, 5.41) is 10.1. The Morgan fingerprint density at radius 2 is 1.84 bits per heavy atom. The van der Waals surface area contributed by atoms with Gasteiger partial charge in [-0.15, -0.1) is 24.2 Å². The van der Waals surface area contributed by atoms with Gasteiger partial charge in [-0.05, 0) is 30.2 Å². The van der Waals surface area contributed by atoms with Crippen LogP contribution in [-0.4, -0.2) is 58.5 Å². The van der Waals surface area contributed by atoms with Crippen molar-refractivity contribution < 1.29 is 9.59 Å². The molecule has 0 radical (unpaired) electrons. The molecule has 9 heteroatoms. The number of hydrogen-bond donors (Lipinski definition) is 3. The number of carbonyl (C=O) groups is 2. The quantitative estimate of drug-likeness (QED) is 0.232. The molecule has 1 saturated heterocycles. The van der Waals surface area contributed by atoms with E-state index in [4.69, 9.17) is 12.2 Å². The molecule has 37 heavy (non-hydrogen) atoms. The van der Waals surface area contributed by atoms with Crippen LogP contribution in [0.2, 0.25) is 0 Å². The zero-order chi connectivity index (χ0) is 25.8. The lowest BCUT2D eigenvalue weighted by molar-refractivity contribution is -0.138. The van der Waals surface area contributed by atoms with Crippen LogP contribution < -0.4 is 16.0 Å². The van der Waals surface area contributed by atoms with Crippen LogP contribution in [0, 0.1) is 11.8 Å². The Balaban J connectivity index is 0.00000481. The van der Waals surface area contributed by atoms with Crippen molar-refractivity contribution in [3.8, 4) is 0 Å². The van der Waals surface area contributed by atoms with Gasteiger partial charge in [-0.25, -0.2) is 0 Å². The van der Waals surface area contributed by atoms with Gasteiger partial charge < -0.3 is 20.9 Å². The second-order valence-electron chi connectivity index (χ2n) is 10.6. The highest BCUT2D eigenvalue weighted by molar-refractivity contribution is 7.99. The number of thiocarbonyl (C=S) groups is 1. The van der Waals surface area contributed by atoms with E-state index in [0.29, 0.717) is 29.6 Å². The minimum Gasteiger partial charge on any atom is -0.377 e. The lowest BCUT2D eigenvalue weighted by Crippen LogP contribution is -2.54. The van der Waals surface area contributed by atoms with Crippen molar-refractivity contribution in [3.63, 3.8) is 0 Å². The first-order chi connectivity index (χ1) is 17.4. The summed E-state index contributed by atoms with van der Waals surface area (Å²) in [5.41, 5.74) is 1.25. The first kappa shape index (κ1) is 31.9. The van der Waals surface area contributed by atoms with Crippen LogP contribution >= 0.6 is 36.4 Å². The summed E-state index contributed by atoms with van der Waals surface area (Å²) in [7, 11) is 0. The Labute approximate surface area is 239 Å². The van der Waals surface area contributed by atoms with Gasteiger partial charge in [0, 0.05) is 31.8 Å². The molecule has 0 unspecified atom stereocenters. The Kier molecular flexibility index (Phi) is 14.9. The number of rotatable bonds is 13. The van der Waals surface area contributed by atoms with Gasteiger partial charge in [0.2, 0.25) is 11.8 Å². The van der Waals surface area contributed by atoms with Crippen LogP contribution in [0.3, 0.4) is 0 Å². The molecule has 6 nitrogen and oxygen atoms in total. The van der Waals surface area contributed by atoms with E-state index < -0.39 is 6.04 Å². The Bertz CT molecular complexity index is 837. The fraction of sp³-hybridized carbons (Fsp3) is 0.679. The highest BCUT2D eigenvalue weighted by Gasteiger charge is 2.36. The monoisotopic (exact) mass is 568 g/mol. The van der Waals surface area contributed by atoms with Gasteiger partial charge in [-0.1, -0.05) is 88.5 Å². The van der Waals surface area contributed by atoms with Crippen LogP contribution in [0.25, 0.3) is 0 Å². The van der Waals surface area contributed by atoms with Gasteiger partial charge in [0.25, 0.3) is 0 Å². The van der Waals surface area contributed by atoms with E-state index in [1.165, 1.54) is 37.7 Å². The summed E-state index contributed by atoms with van der Waals surface area (Å²) < 4.78 is 0. The maximum absolute atomic E-state index is 13.3. The highest BCUT2D eigenvalue weighted by Crippen LogP contribution is 2.28. The molecule has 1 aliphatic heterocycles. The second-order valence-corrected chi connectivity index (χ2v) is 12.0. The topological polar surface area (TPSA) is 73.5 Å². The number of amides is 2. The molecule has 1 aromatic carbocycles. The molecular formula is C28H45ClN4O2S2. The van der Waals surface area contributed by atoms with E-state index in [2.05, 4.69) is 28.1 Å². The normalized spacial score (nSPS) is 18.8. The lowest BCUT2D eigenvalue weighted by Gasteiger charge is -2.29. The van der Waals surface area contributed by atoms with Crippen LogP contribution in [0.5, 0.6) is 0 Å². The maximum Gasteiger partial charge on any atom is 0.244 e. The molecule has 208 valence electrons. The number of hydrogen-bond acceptors (Lipinski definition) is 5. The molecule has 1 heterocycles. The van der Waals surface area contributed by atoms with Crippen molar-refractivity contribution in [2.45, 2.75) is 83.8 Å². The molecule has 3 rings (SSSR count). The number of carbonyl (C=O) groups excluding carboxylic acids is 2. The molecule has 2 atom stereocenters. The summed E-state index contributed by atoms with van der Waals surface area (Å²) >= 11 is 7.43. The summed E-state index contributed by atoms with van der Waals surface area (Å²) in [6.45, 7) is 6.39. The van der Waals surface area contributed by atoms with E-state index >= 15 is 0 Å². The zero-order valence-electron chi connectivity index (χ0n) is 22.4. The second kappa shape index (κ2) is 17.3. The Hall–Kier alpha value is -1.35. The van der Waals surface area contributed by atoms with E-state index in [1.807, 2.05) is 32.0 Å². The van der Waals surface area contributed by atoms with Gasteiger partial charge in [0.1, 0.15) is 6.04 Å². The number of nitrogens with zero attached hydrogens (tertiary/aromatic N) is 1. The third-order valence-electron chi connectivity index (χ3n) is 7.08. The molecule has 1 aromatic rings. The first-order valence-corrected chi connectivity index (χ1v) is 15.2. The van der Waals surface area contributed by atoms with Gasteiger partial charge >= 0.3 is 0 Å². The minimum atomic E-state index is -0.409. The summed E-state index contributed by atoms with van der Waals surface area (Å²) in [6.07, 6.45) is 8.92. The molecule has 2 amide bonds. The molecule has 0 spiro atoms. The summed E-state index contributed by atoms with van der Waals surface area (Å²) in [5.74, 6) is 2.24. The van der Waals surface area contributed by atoms with Crippen molar-refractivity contribution in [3.05, 3.63) is 35.9 Å². The summed E-state index contributed by atoms with van der Waals surface area (Å²) in [4.78, 5) is 28.5. The number of thioether (sulfide) groups is 1. The molecule has 3 N–H and O–H groups in total. The van der Waals surface area contributed by atoms with Crippen molar-refractivity contribution in [1.29, 1.82) is 0 Å².